The molecule has 1 fully saturated rings. The molecule has 7 nitrogen and oxygen atoms in total. The van der Waals surface area contributed by atoms with E-state index in [1.807, 2.05) is 0 Å². The fourth-order valence-corrected chi connectivity index (χ4v) is 2.43. The van der Waals surface area contributed by atoms with Crippen LogP contribution in [0.1, 0.15) is 25.7 Å². The van der Waals surface area contributed by atoms with Crippen molar-refractivity contribution >= 4 is 17.5 Å². The third-order valence-electron chi connectivity index (χ3n) is 3.39. The maximum Gasteiger partial charge on any atom is 0.311 e. The van der Waals surface area contributed by atoms with Crippen LogP contribution in [0.4, 0.5) is 11.5 Å². The standard InChI is InChI=1S/C12H15N3O4/c16-12(17)8-4-1-2-5-9(8)14-11-10(15(18)19)6-3-7-13-11/h3,6-9H,1-2,4-5H2,(H,13,14)(H,16,17). The zero-order valence-corrected chi connectivity index (χ0v) is 10.3. The zero-order valence-electron chi connectivity index (χ0n) is 10.3. The van der Waals surface area contributed by atoms with Crippen LogP contribution >= 0.6 is 0 Å². The largest absolute Gasteiger partial charge is 0.481 e. The molecule has 19 heavy (non-hydrogen) atoms. The Hall–Kier alpha value is -2.18. The number of hydrogen-bond donors (Lipinski definition) is 2. The lowest BCUT2D eigenvalue weighted by Crippen LogP contribution is -2.37. The number of carboxylic acid groups (broad SMARTS) is 1. The van der Waals surface area contributed by atoms with Gasteiger partial charge in [0.1, 0.15) is 0 Å². The van der Waals surface area contributed by atoms with Gasteiger partial charge in [0.2, 0.25) is 5.82 Å². The van der Waals surface area contributed by atoms with Crippen LogP contribution in [0.5, 0.6) is 0 Å². The molecule has 0 spiro atoms. The summed E-state index contributed by atoms with van der Waals surface area (Å²) in [6.45, 7) is 0. The van der Waals surface area contributed by atoms with Gasteiger partial charge in [-0.25, -0.2) is 4.98 Å². The lowest BCUT2D eigenvalue weighted by Gasteiger charge is -2.29. The summed E-state index contributed by atoms with van der Waals surface area (Å²) in [4.78, 5) is 25.5. The molecule has 2 unspecified atom stereocenters. The van der Waals surface area contributed by atoms with Gasteiger partial charge in [0, 0.05) is 18.3 Å². The Morgan fingerprint density at radius 3 is 2.89 bits per heavy atom. The topological polar surface area (TPSA) is 105 Å². The molecule has 1 aliphatic carbocycles. The first-order valence-electron chi connectivity index (χ1n) is 6.18. The number of carboxylic acids is 1. The summed E-state index contributed by atoms with van der Waals surface area (Å²) in [5.74, 6) is -1.24. The number of nitro groups is 1. The highest BCUT2D eigenvalue weighted by molar-refractivity contribution is 5.72. The van der Waals surface area contributed by atoms with Crippen molar-refractivity contribution in [2.75, 3.05) is 5.32 Å². The highest BCUT2D eigenvalue weighted by atomic mass is 16.6. The highest BCUT2D eigenvalue weighted by Crippen LogP contribution is 2.29. The van der Waals surface area contributed by atoms with E-state index in [0.717, 1.165) is 12.8 Å². The second-order valence-electron chi connectivity index (χ2n) is 4.61. The van der Waals surface area contributed by atoms with E-state index < -0.39 is 16.8 Å². The number of aliphatic carboxylic acids is 1. The third-order valence-corrected chi connectivity index (χ3v) is 3.39. The van der Waals surface area contributed by atoms with E-state index in [0.29, 0.717) is 12.8 Å². The Kier molecular flexibility index (Phi) is 3.94. The van der Waals surface area contributed by atoms with Gasteiger partial charge in [-0.2, -0.15) is 0 Å². The summed E-state index contributed by atoms with van der Waals surface area (Å²) >= 11 is 0. The number of hydrogen-bond acceptors (Lipinski definition) is 5. The Morgan fingerprint density at radius 2 is 2.21 bits per heavy atom. The first kappa shape index (κ1) is 13.3. The van der Waals surface area contributed by atoms with Crippen molar-refractivity contribution in [1.82, 2.24) is 4.98 Å². The predicted molar refractivity (Wildman–Crippen MR) is 67.9 cm³/mol. The molecule has 7 heteroatoms. The number of nitrogens with zero attached hydrogens (tertiary/aromatic N) is 2. The lowest BCUT2D eigenvalue weighted by atomic mass is 9.84. The van der Waals surface area contributed by atoms with E-state index in [9.17, 15) is 20.0 Å². The van der Waals surface area contributed by atoms with Crippen molar-refractivity contribution in [2.24, 2.45) is 5.92 Å². The summed E-state index contributed by atoms with van der Waals surface area (Å²) in [5, 5.41) is 23.0. The molecular weight excluding hydrogens is 250 g/mol. The average molecular weight is 265 g/mol. The fraction of sp³-hybridized carbons (Fsp3) is 0.500. The minimum absolute atomic E-state index is 0.128. The van der Waals surface area contributed by atoms with Crippen LogP contribution in [0.25, 0.3) is 0 Å². The molecular formula is C12H15N3O4. The minimum Gasteiger partial charge on any atom is -0.481 e. The molecule has 2 atom stereocenters. The zero-order chi connectivity index (χ0) is 13.8. The lowest BCUT2D eigenvalue weighted by molar-refractivity contribution is -0.384. The molecule has 0 amide bonds. The van der Waals surface area contributed by atoms with Gasteiger partial charge >= 0.3 is 11.7 Å². The molecule has 0 bridgehead atoms. The van der Waals surface area contributed by atoms with E-state index in [1.165, 1.54) is 18.3 Å². The van der Waals surface area contributed by atoms with Gasteiger partial charge in [0.05, 0.1) is 10.8 Å². The molecule has 0 saturated heterocycles. The van der Waals surface area contributed by atoms with Gasteiger partial charge in [0.25, 0.3) is 0 Å². The van der Waals surface area contributed by atoms with Crippen molar-refractivity contribution in [2.45, 2.75) is 31.7 Å². The molecule has 0 aliphatic heterocycles. The SMILES string of the molecule is O=C(O)C1CCCCC1Nc1ncccc1[N+](=O)[O-]. The summed E-state index contributed by atoms with van der Waals surface area (Å²) < 4.78 is 0. The first-order valence-corrected chi connectivity index (χ1v) is 6.18. The van der Waals surface area contributed by atoms with Crippen LogP contribution in [0, 0.1) is 16.0 Å². The number of anilines is 1. The van der Waals surface area contributed by atoms with E-state index in [-0.39, 0.29) is 17.5 Å². The van der Waals surface area contributed by atoms with Gasteiger partial charge in [-0.05, 0) is 18.9 Å². The first-order chi connectivity index (χ1) is 9.09. The van der Waals surface area contributed by atoms with E-state index >= 15 is 0 Å². The Labute approximate surface area is 109 Å². The van der Waals surface area contributed by atoms with Crippen LogP contribution < -0.4 is 5.32 Å². The van der Waals surface area contributed by atoms with Gasteiger partial charge in [0.15, 0.2) is 0 Å². The maximum absolute atomic E-state index is 11.2. The molecule has 0 aromatic carbocycles. The summed E-state index contributed by atoms with van der Waals surface area (Å²) in [5.41, 5.74) is -0.128. The molecule has 0 radical (unpaired) electrons. The number of pyridine rings is 1. The third kappa shape index (κ3) is 2.98. The molecule has 1 aromatic rings. The maximum atomic E-state index is 11.2. The Morgan fingerprint density at radius 1 is 1.47 bits per heavy atom. The molecule has 2 rings (SSSR count). The Bertz CT molecular complexity index is 492. The predicted octanol–water partition coefficient (Wildman–Crippen LogP) is 2.05. The van der Waals surface area contributed by atoms with Crippen LogP contribution in [0.2, 0.25) is 0 Å². The van der Waals surface area contributed by atoms with Crippen molar-refractivity contribution in [3.63, 3.8) is 0 Å². The second kappa shape index (κ2) is 5.64. The number of carbonyl (C=O) groups is 1. The molecule has 1 aliphatic rings. The monoisotopic (exact) mass is 265 g/mol. The normalized spacial score (nSPS) is 22.7. The van der Waals surface area contributed by atoms with Crippen molar-refractivity contribution in [3.8, 4) is 0 Å². The molecule has 1 saturated carbocycles. The van der Waals surface area contributed by atoms with Crippen LogP contribution in [-0.4, -0.2) is 27.0 Å². The van der Waals surface area contributed by atoms with Gasteiger partial charge in [-0.15, -0.1) is 0 Å². The quantitative estimate of drug-likeness (QED) is 0.637. The summed E-state index contributed by atoms with van der Waals surface area (Å²) in [6, 6.07) is 2.53. The van der Waals surface area contributed by atoms with E-state index in [2.05, 4.69) is 10.3 Å². The van der Waals surface area contributed by atoms with Crippen LogP contribution in [0.15, 0.2) is 18.3 Å². The van der Waals surface area contributed by atoms with Crippen molar-refractivity contribution < 1.29 is 14.8 Å². The number of nitrogens with one attached hydrogen (secondary N) is 1. The molecule has 1 aromatic heterocycles. The fourth-order valence-electron chi connectivity index (χ4n) is 2.43. The van der Waals surface area contributed by atoms with Crippen molar-refractivity contribution in [1.29, 1.82) is 0 Å². The smallest absolute Gasteiger partial charge is 0.311 e. The summed E-state index contributed by atoms with van der Waals surface area (Å²) in [7, 11) is 0. The van der Waals surface area contributed by atoms with Gasteiger partial charge in [-0.3, -0.25) is 14.9 Å². The second-order valence-corrected chi connectivity index (χ2v) is 4.61. The molecule has 2 N–H and O–H groups in total. The van der Waals surface area contributed by atoms with E-state index in [4.69, 9.17) is 0 Å². The van der Waals surface area contributed by atoms with Gasteiger partial charge in [-0.1, -0.05) is 12.8 Å². The van der Waals surface area contributed by atoms with Gasteiger partial charge < -0.3 is 10.4 Å². The van der Waals surface area contributed by atoms with Crippen LogP contribution in [0.3, 0.4) is 0 Å². The van der Waals surface area contributed by atoms with E-state index in [1.54, 1.807) is 0 Å². The Balaban J connectivity index is 2.19. The average Bonchev–Trinajstić information content (AvgIpc) is 2.39. The molecule has 102 valence electrons. The number of rotatable bonds is 4. The molecule has 1 heterocycles. The van der Waals surface area contributed by atoms with Crippen LogP contribution in [-0.2, 0) is 4.79 Å². The highest BCUT2D eigenvalue weighted by Gasteiger charge is 2.32. The number of aromatic nitrogens is 1. The van der Waals surface area contributed by atoms with Crippen molar-refractivity contribution in [3.05, 3.63) is 28.4 Å². The summed E-state index contributed by atoms with van der Waals surface area (Å²) in [6.07, 6.45) is 4.52. The minimum atomic E-state index is -0.865.